The fourth-order valence-electron chi connectivity index (χ4n) is 6.31. The number of aromatic nitrogens is 1. The number of rotatable bonds is 9. The maximum Gasteiger partial charge on any atom is 0.508 e. The number of ketones is 1. The third-order valence-electron chi connectivity index (χ3n) is 9.92. The molecule has 0 saturated heterocycles. The van der Waals surface area contributed by atoms with Gasteiger partial charge in [0.1, 0.15) is 24.6 Å². The van der Waals surface area contributed by atoms with Crippen LogP contribution in [0.25, 0.3) is 6.08 Å². The zero-order chi connectivity index (χ0) is 40.4. The first-order valence-corrected chi connectivity index (χ1v) is 22.4. The summed E-state index contributed by atoms with van der Waals surface area (Å²) in [4.78, 5) is 45.7. The Kier molecular flexibility index (Phi) is 18.1. The molecule has 1 aromatic heterocycles. The van der Waals surface area contributed by atoms with Crippen LogP contribution in [0.2, 0.25) is 18.1 Å². The molecule has 8 nitrogen and oxygen atoms in total. The molecule has 0 amide bonds. The molecule has 5 atom stereocenters. The molecule has 300 valence electrons. The van der Waals surface area contributed by atoms with Crippen molar-refractivity contribution in [3.05, 3.63) is 45.5 Å². The van der Waals surface area contributed by atoms with E-state index in [2.05, 4.69) is 4.98 Å². The summed E-state index contributed by atoms with van der Waals surface area (Å²) < 4.78 is 64.5. The average molecular weight is 847 g/mol. The predicted octanol–water partition coefficient (Wildman–Crippen LogP) is 11.5. The van der Waals surface area contributed by atoms with Gasteiger partial charge < -0.3 is 18.6 Å². The van der Waals surface area contributed by atoms with E-state index in [1.54, 1.807) is 46.8 Å². The highest BCUT2D eigenvalue weighted by Crippen LogP contribution is 2.39. The number of Topliss-reactive ketones (excluding diaryl/α,β-unsaturated/α-hetero) is 1. The molecule has 0 N–H and O–H groups in total. The van der Waals surface area contributed by atoms with Crippen LogP contribution in [0.3, 0.4) is 0 Å². The summed E-state index contributed by atoms with van der Waals surface area (Å²) in [5.74, 6) is -2.63. The van der Waals surface area contributed by atoms with Crippen LogP contribution < -0.4 is 0 Å². The molecule has 0 spiro atoms. The predicted molar refractivity (Wildman–Crippen MR) is 208 cm³/mol. The van der Waals surface area contributed by atoms with Crippen molar-refractivity contribution in [2.24, 2.45) is 17.3 Å². The number of cyclic esters (lactones) is 1. The van der Waals surface area contributed by atoms with Crippen molar-refractivity contribution < 1.29 is 46.2 Å². The monoisotopic (exact) mass is 845 g/mol. The number of hydrogen-bond donors (Lipinski definition) is 0. The van der Waals surface area contributed by atoms with E-state index < -0.39 is 84.6 Å². The van der Waals surface area contributed by atoms with Crippen molar-refractivity contribution in [1.29, 1.82) is 0 Å². The number of carbonyl (C=O) groups is 3. The van der Waals surface area contributed by atoms with Crippen molar-refractivity contribution in [2.75, 3.05) is 6.61 Å². The minimum atomic E-state index is -4.66. The van der Waals surface area contributed by atoms with E-state index >= 15 is 0 Å². The van der Waals surface area contributed by atoms with E-state index in [0.717, 1.165) is 29.2 Å². The number of hydrogen-bond acceptors (Lipinski definition) is 9. The Morgan fingerprint density at radius 3 is 2.25 bits per heavy atom. The largest absolute Gasteiger partial charge is 0.508 e. The molecule has 0 aromatic carbocycles. The molecule has 0 fully saturated rings. The Bertz CT molecular complexity index is 1480. The van der Waals surface area contributed by atoms with E-state index in [-0.39, 0.29) is 25.0 Å². The summed E-state index contributed by atoms with van der Waals surface area (Å²) in [7, 11) is -2.47. The van der Waals surface area contributed by atoms with Crippen LogP contribution in [-0.4, -0.2) is 66.1 Å². The summed E-state index contributed by atoms with van der Waals surface area (Å²) in [5.41, 5.74) is -1.03. The number of ether oxygens (including phenoxy) is 3. The van der Waals surface area contributed by atoms with Crippen molar-refractivity contribution in [2.45, 2.75) is 134 Å². The normalized spacial score (nSPS) is 26.2. The molecule has 0 bridgehead atoms. The van der Waals surface area contributed by atoms with Crippen LogP contribution in [-0.2, 0) is 28.2 Å². The Balaban J connectivity index is 2.72. The highest BCUT2D eigenvalue weighted by molar-refractivity contribution is 7.09. The number of aryl methyl sites for hydroxylation is 1. The standard InChI is InChI=1S/C37H53Cl3F3NO7SSi/c1-10-53(11-2,12-3)51-30-20-31(45)49-29(24(5)19-28-21-52-26(7)44-28)18-17-27(37(41,42)43)16-14-13-15-23(4)32(25(6)33(46)35(30,8)9)50-34(47)48-22-36(38,39)40/h13-14,17,19,21,23,25,29-30,32H,10-12,15-16,18,20,22H2,1-9H3/b14-13+,24-19+,27-17+/t23-,25?,29-,30-,32-/m0/s1. The molecule has 1 unspecified atom stereocenters. The summed E-state index contributed by atoms with van der Waals surface area (Å²) in [5, 5.41) is 2.61. The fourth-order valence-corrected chi connectivity index (χ4v) is 10.0. The maximum atomic E-state index is 14.6. The van der Waals surface area contributed by atoms with Gasteiger partial charge in [-0.3, -0.25) is 9.59 Å². The van der Waals surface area contributed by atoms with Crippen LogP contribution in [0.4, 0.5) is 18.0 Å². The minimum Gasteiger partial charge on any atom is -0.457 e. The molecule has 0 aliphatic carbocycles. The number of halogens is 6. The van der Waals surface area contributed by atoms with Gasteiger partial charge in [-0.05, 0) is 62.4 Å². The molecular formula is C37H53Cl3F3NO7SSi. The van der Waals surface area contributed by atoms with Gasteiger partial charge in [-0.2, -0.15) is 13.2 Å². The molecule has 2 rings (SSSR count). The third kappa shape index (κ3) is 14.6. The van der Waals surface area contributed by atoms with Crippen LogP contribution in [0.5, 0.6) is 0 Å². The van der Waals surface area contributed by atoms with E-state index in [4.69, 9.17) is 53.4 Å². The molecular weight excluding hydrogens is 794 g/mol. The highest BCUT2D eigenvalue weighted by Gasteiger charge is 2.48. The molecule has 2 heterocycles. The lowest BCUT2D eigenvalue weighted by Gasteiger charge is -2.42. The van der Waals surface area contributed by atoms with Gasteiger partial charge in [-0.1, -0.05) is 101 Å². The first-order valence-electron chi connectivity index (χ1n) is 17.8. The topological polar surface area (TPSA) is 101 Å². The number of thiazole rings is 1. The van der Waals surface area contributed by atoms with E-state index in [9.17, 15) is 27.6 Å². The van der Waals surface area contributed by atoms with Crippen molar-refractivity contribution in [3.63, 3.8) is 0 Å². The summed E-state index contributed by atoms with van der Waals surface area (Å²) in [6, 6.07) is 2.16. The molecule has 1 aromatic rings. The Hall–Kier alpha value is -1.90. The van der Waals surface area contributed by atoms with Crippen molar-refractivity contribution in [3.8, 4) is 0 Å². The van der Waals surface area contributed by atoms with Crippen LogP contribution in [0, 0.1) is 24.2 Å². The van der Waals surface area contributed by atoms with Gasteiger partial charge in [0.2, 0.25) is 3.79 Å². The quantitative estimate of drug-likeness (QED) is 0.105. The van der Waals surface area contributed by atoms with Gasteiger partial charge >= 0.3 is 18.3 Å². The van der Waals surface area contributed by atoms with E-state index in [1.807, 2.05) is 33.1 Å². The first-order chi connectivity index (χ1) is 24.5. The summed E-state index contributed by atoms with van der Waals surface area (Å²) in [6.07, 6.45) is -4.20. The van der Waals surface area contributed by atoms with Gasteiger partial charge in [-0.15, -0.1) is 11.3 Å². The van der Waals surface area contributed by atoms with E-state index in [0.29, 0.717) is 11.3 Å². The number of allylic oxidation sites excluding steroid dienone is 3. The zero-order valence-electron chi connectivity index (χ0n) is 31.9. The number of alkyl halides is 6. The molecule has 53 heavy (non-hydrogen) atoms. The van der Waals surface area contributed by atoms with E-state index in [1.165, 1.54) is 17.4 Å². The van der Waals surface area contributed by atoms with Gasteiger partial charge in [0.05, 0.1) is 29.1 Å². The molecule has 1 aliphatic rings. The lowest BCUT2D eigenvalue weighted by atomic mass is 9.73. The highest BCUT2D eigenvalue weighted by atomic mass is 35.6. The third-order valence-corrected chi connectivity index (χ3v) is 15.7. The zero-order valence-corrected chi connectivity index (χ0v) is 36.0. The summed E-state index contributed by atoms with van der Waals surface area (Å²) in [6.45, 7) is 15.6. The maximum absolute atomic E-state index is 14.6. The molecule has 1 aliphatic heterocycles. The Morgan fingerprint density at radius 1 is 1.09 bits per heavy atom. The molecule has 0 radical (unpaired) electrons. The van der Waals surface area contributed by atoms with Gasteiger partial charge in [0.15, 0.2) is 8.32 Å². The minimum absolute atomic E-state index is 0.155. The fraction of sp³-hybridized carbons (Fsp3) is 0.676. The van der Waals surface area contributed by atoms with Gasteiger partial charge in [0.25, 0.3) is 0 Å². The summed E-state index contributed by atoms with van der Waals surface area (Å²) >= 11 is 18.6. The van der Waals surface area contributed by atoms with Crippen molar-refractivity contribution >= 4 is 78.4 Å². The Morgan fingerprint density at radius 2 is 1.72 bits per heavy atom. The van der Waals surface area contributed by atoms with Crippen LogP contribution in [0.1, 0.15) is 91.8 Å². The second-order valence-electron chi connectivity index (χ2n) is 14.2. The lowest BCUT2D eigenvalue weighted by molar-refractivity contribution is -0.153. The van der Waals surface area contributed by atoms with Crippen molar-refractivity contribution in [1.82, 2.24) is 4.98 Å². The second kappa shape index (κ2) is 20.3. The Labute approximate surface area is 331 Å². The van der Waals surface area contributed by atoms with Gasteiger partial charge in [0, 0.05) is 22.8 Å². The number of carbonyl (C=O) groups excluding carboxylic acids is 3. The average Bonchev–Trinajstić information content (AvgIpc) is 3.48. The molecule has 16 heteroatoms. The second-order valence-corrected chi connectivity index (χ2v) is 22.5. The number of nitrogens with zero attached hydrogens (tertiary/aromatic N) is 1. The van der Waals surface area contributed by atoms with Crippen LogP contribution >= 0.6 is 46.1 Å². The number of esters is 1. The van der Waals surface area contributed by atoms with Gasteiger partial charge in [-0.25, -0.2) is 9.78 Å². The smallest absolute Gasteiger partial charge is 0.457 e. The first kappa shape index (κ1) is 47.2. The SMILES string of the molecule is CC[Si](CC)(CC)O[C@H]1CC(=O)O[C@H](/C(C)=C/c2csc(C)n2)C/C=C(/C(F)(F)F)C/C=C/C[C@H](C)[C@H](OC(=O)OCC(Cl)(Cl)Cl)C(C)C(=O)C1(C)C. The van der Waals surface area contributed by atoms with Crippen LogP contribution in [0.15, 0.2) is 34.8 Å². The molecule has 0 saturated carbocycles. The lowest BCUT2D eigenvalue weighted by Crippen LogP contribution is -2.52.